The van der Waals surface area contributed by atoms with E-state index in [9.17, 15) is 27.5 Å². The van der Waals surface area contributed by atoms with Crippen molar-refractivity contribution in [2.75, 3.05) is 50.3 Å². The standard InChI is InChI=1S/C28H28F4N4O4S/c1-39-20-5-3-4-18(13-20)35-10-9-34(16-19(35)15-29)27-33-21-8-11-41-26(21)23(14-25(37)38)36(27)22-12-17(28(30,31)32)6-7-24(22)40-2/h3-8,11-13,19,23H,9-10,14-16H2,1-2H3,(H,37,38). The molecule has 0 aliphatic carbocycles. The number of hydrogen-bond donors (Lipinski definition) is 1. The minimum atomic E-state index is -4.65. The number of ether oxygens (including phenoxy) is 2. The molecule has 2 aliphatic rings. The number of piperazine rings is 1. The van der Waals surface area contributed by atoms with Crippen molar-refractivity contribution in [1.82, 2.24) is 4.90 Å². The second kappa shape index (κ2) is 11.5. The van der Waals surface area contributed by atoms with Gasteiger partial charge in [0.15, 0.2) is 0 Å². The van der Waals surface area contributed by atoms with E-state index < -0.39 is 42.9 Å². The Morgan fingerprint density at radius 1 is 1.12 bits per heavy atom. The van der Waals surface area contributed by atoms with Crippen LogP contribution in [0.3, 0.4) is 0 Å². The zero-order valence-corrected chi connectivity index (χ0v) is 23.1. The number of halogens is 4. The van der Waals surface area contributed by atoms with Gasteiger partial charge in [0.1, 0.15) is 18.2 Å². The summed E-state index contributed by atoms with van der Waals surface area (Å²) in [6.45, 7) is 0.192. The highest BCUT2D eigenvalue weighted by molar-refractivity contribution is 7.10. The average Bonchev–Trinajstić information content (AvgIpc) is 3.44. The van der Waals surface area contributed by atoms with E-state index in [0.717, 1.165) is 17.8 Å². The number of alkyl halides is 4. The summed E-state index contributed by atoms with van der Waals surface area (Å²) in [5.41, 5.74) is 0.421. The molecule has 0 bridgehead atoms. The molecule has 1 N–H and O–H groups in total. The van der Waals surface area contributed by atoms with Gasteiger partial charge >= 0.3 is 12.1 Å². The number of carbonyl (C=O) groups is 1. The zero-order valence-electron chi connectivity index (χ0n) is 22.3. The minimum Gasteiger partial charge on any atom is -0.497 e. The number of rotatable bonds is 7. The summed E-state index contributed by atoms with van der Waals surface area (Å²) >= 11 is 1.28. The van der Waals surface area contributed by atoms with Gasteiger partial charge < -0.3 is 24.4 Å². The van der Waals surface area contributed by atoms with Crippen LogP contribution in [0, 0.1) is 0 Å². The first-order valence-corrected chi connectivity index (χ1v) is 13.7. The molecule has 1 fully saturated rings. The molecule has 5 rings (SSSR count). The van der Waals surface area contributed by atoms with Gasteiger partial charge in [-0.2, -0.15) is 13.2 Å². The number of benzene rings is 2. The van der Waals surface area contributed by atoms with Gasteiger partial charge in [0.2, 0.25) is 5.96 Å². The normalized spacial score (nSPS) is 19.1. The number of hydrogen-bond acceptors (Lipinski definition) is 8. The van der Waals surface area contributed by atoms with Crippen molar-refractivity contribution in [2.24, 2.45) is 4.99 Å². The third-order valence-electron chi connectivity index (χ3n) is 7.19. The maximum atomic E-state index is 14.5. The number of fused-ring (bicyclic) bond motifs is 1. The molecule has 41 heavy (non-hydrogen) atoms. The largest absolute Gasteiger partial charge is 0.497 e. The van der Waals surface area contributed by atoms with E-state index in [1.54, 1.807) is 29.5 Å². The first kappa shape index (κ1) is 28.5. The summed E-state index contributed by atoms with van der Waals surface area (Å²) in [5.74, 6) is -0.138. The van der Waals surface area contributed by atoms with Crippen LogP contribution in [0.15, 0.2) is 58.9 Å². The lowest BCUT2D eigenvalue weighted by Gasteiger charge is -2.47. The number of anilines is 2. The number of aliphatic carboxylic acids is 1. The van der Waals surface area contributed by atoms with Gasteiger partial charge in [0.05, 0.1) is 54.5 Å². The first-order valence-electron chi connectivity index (χ1n) is 12.8. The third kappa shape index (κ3) is 5.63. The van der Waals surface area contributed by atoms with Gasteiger partial charge in [-0.3, -0.25) is 9.69 Å². The van der Waals surface area contributed by atoms with Crippen LogP contribution in [0.2, 0.25) is 0 Å². The second-order valence-electron chi connectivity index (χ2n) is 9.60. The van der Waals surface area contributed by atoms with Gasteiger partial charge in [0.25, 0.3) is 0 Å². The van der Waals surface area contributed by atoms with Crippen molar-refractivity contribution in [1.29, 1.82) is 0 Å². The van der Waals surface area contributed by atoms with E-state index in [-0.39, 0.29) is 23.9 Å². The van der Waals surface area contributed by atoms with E-state index in [1.807, 2.05) is 23.1 Å². The molecule has 0 radical (unpaired) electrons. The lowest BCUT2D eigenvalue weighted by molar-refractivity contribution is -0.138. The molecule has 0 saturated carbocycles. The molecule has 3 heterocycles. The lowest BCUT2D eigenvalue weighted by Crippen LogP contribution is -2.59. The van der Waals surface area contributed by atoms with Crippen molar-refractivity contribution >= 4 is 40.3 Å². The highest BCUT2D eigenvalue weighted by atomic mass is 32.1. The fourth-order valence-electron chi connectivity index (χ4n) is 5.27. The van der Waals surface area contributed by atoms with Crippen LogP contribution in [0.4, 0.5) is 34.6 Å². The number of guanidine groups is 1. The van der Waals surface area contributed by atoms with Crippen LogP contribution in [0.25, 0.3) is 0 Å². The number of aliphatic imine (C=N–C) groups is 1. The summed E-state index contributed by atoms with van der Waals surface area (Å²) in [5, 5.41) is 11.6. The van der Waals surface area contributed by atoms with Crippen LogP contribution in [-0.4, -0.2) is 68.5 Å². The predicted molar refractivity (Wildman–Crippen MR) is 149 cm³/mol. The van der Waals surface area contributed by atoms with Gasteiger partial charge in [-0.15, -0.1) is 11.3 Å². The first-order chi connectivity index (χ1) is 19.6. The molecule has 8 nitrogen and oxygen atoms in total. The highest BCUT2D eigenvalue weighted by Crippen LogP contribution is 2.47. The molecule has 2 aromatic carbocycles. The molecule has 1 aromatic heterocycles. The lowest BCUT2D eigenvalue weighted by atomic mass is 10.0. The molecule has 13 heteroatoms. The molecule has 3 aromatic rings. The Morgan fingerprint density at radius 2 is 1.93 bits per heavy atom. The molecular weight excluding hydrogens is 564 g/mol. The Bertz CT molecular complexity index is 1450. The Kier molecular flexibility index (Phi) is 7.98. The van der Waals surface area contributed by atoms with E-state index in [2.05, 4.69) is 0 Å². The van der Waals surface area contributed by atoms with E-state index >= 15 is 0 Å². The Labute approximate surface area is 238 Å². The summed E-state index contributed by atoms with van der Waals surface area (Å²) in [6.07, 6.45) is -5.05. The fraction of sp³-hybridized carbons (Fsp3) is 0.357. The number of carboxylic acids is 1. The van der Waals surface area contributed by atoms with Crippen molar-refractivity contribution in [3.05, 3.63) is 64.4 Å². The van der Waals surface area contributed by atoms with Crippen LogP contribution in [-0.2, 0) is 11.0 Å². The van der Waals surface area contributed by atoms with Crippen molar-refractivity contribution < 1.29 is 36.9 Å². The predicted octanol–water partition coefficient (Wildman–Crippen LogP) is 5.97. The molecular formula is C28H28F4N4O4S. The monoisotopic (exact) mass is 592 g/mol. The summed E-state index contributed by atoms with van der Waals surface area (Å²) in [6, 6.07) is 10.6. The smallest absolute Gasteiger partial charge is 0.416 e. The van der Waals surface area contributed by atoms with Crippen LogP contribution in [0.1, 0.15) is 22.9 Å². The van der Waals surface area contributed by atoms with Crippen molar-refractivity contribution in [2.45, 2.75) is 24.7 Å². The Morgan fingerprint density at radius 3 is 2.61 bits per heavy atom. The number of nitrogens with zero attached hydrogens (tertiary/aromatic N) is 4. The molecule has 2 unspecified atom stereocenters. The van der Waals surface area contributed by atoms with Crippen molar-refractivity contribution in [3.63, 3.8) is 0 Å². The molecule has 2 aliphatic heterocycles. The fourth-order valence-corrected chi connectivity index (χ4v) is 6.20. The highest BCUT2D eigenvalue weighted by Gasteiger charge is 2.41. The summed E-state index contributed by atoms with van der Waals surface area (Å²) < 4.78 is 66.8. The molecule has 218 valence electrons. The molecule has 2 atom stereocenters. The quantitative estimate of drug-likeness (QED) is 0.339. The van der Waals surface area contributed by atoms with Gasteiger partial charge in [-0.05, 0) is 41.8 Å². The van der Waals surface area contributed by atoms with E-state index in [1.165, 1.54) is 29.4 Å². The number of methoxy groups -OCH3 is 2. The maximum absolute atomic E-state index is 14.5. The van der Waals surface area contributed by atoms with Crippen LogP contribution < -0.4 is 19.3 Å². The van der Waals surface area contributed by atoms with Gasteiger partial charge in [0, 0.05) is 31.4 Å². The van der Waals surface area contributed by atoms with Crippen LogP contribution >= 0.6 is 11.3 Å². The van der Waals surface area contributed by atoms with Gasteiger partial charge in [-0.1, -0.05) is 6.07 Å². The third-order valence-corrected chi connectivity index (χ3v) is 8.19. The van der Waals surface area contributed by atoms with Crippen LogP contribution in [0.5, 0.6) is 11.5 Å². The zero-order chi connectivity index (χ0) is 29.3. The minimum absolute atomic E-state index is 0.0263. The molecule has 0 spiro atoms. The summed E-state index contributed by atoms with van der Waals surface area (Å²) in [4.78, 5) is 22.7. The maximum Gasteiger partial charge on any atom is 0.416 e. The Hall–Kier alpha value is -4.00. The number of carboxylic acid groups (broad SMARTS) is 1. The SMILES string of the molecule is COc1cccc(N2CCN(C3=Nc4ccsc4C(CC(=O)O)N3c3cc(C(F)(F)F)ccc3OC)CC2CF)c1. The number of thiophene rings is 1. The Balaban J connectivity index is 1.59. The van der Waals surface area contributed by atoms with E-state index in [4.69, 9.17) is 14.5 Å². The van der Waals surface area contributed by atoms with E-state index in [0.29, 0.717) is 29.4 Å². The van der Waals surface area contributed by atoms with Crippen molar-refractivity contribution in [3.8, 4) is 11.5 Å². The van der Waals surface area contributed by atoms with Gasteiger partial charge in [-0.25, -0.2) is 9.38 Å². The topological polar surface area (TPSA) is 77.8 Å². The summed E-state index contributed by atoms with van der Waals surface area (Å²) in [7, 11) is 2.88. The average molecular weight is 593 g/mol. The second-order valence-corrected chi connectivity index (χ2v) is 10.5. The molecule has 0 amide bonds. The molecule has 1 saturated heterocycles.